The van der Waals surface area contributed by atoms with Gasteiger partial charge in [0, 0.05) is 23.2 Å². The van der Waals surface area contributed by atoms with Crippen LogP contribution in [0.3, 0.4) is 0 Å². The van der Waals surface area contributed by atoms with Crippen LogP contribution in [0.1, 0.15) is 37.8 Å². The Bertz CT molecular complexity index is 386. The minimum Gasteiger partial charge on any atom is -0.324 e. The van der Waals surface area contributed by atoms with Crippen LogP contribution in [0.5, 0.6) is 0 Å². The molecule has 1 aromatic rings. The van der Waals surface area contributed by atoms with Crippen molar-refractivity contribution in [3.8, 4) is 0 Å². The molecule has 0 saturated heterocycles. The monoisotopic (exact) mass is 278 g/mol. The third kappa shape index (κ3) is 4.50. The predicted molar refractivity (Wildman–Crippen MR) is 71.8 cm³/mol. The fraction of sp³-hybridized carbons (Fsp3) is 0.455. The molecule has 0 fully saturated rings. The SMILES string of the molecule is CCCC[C@@H](N)c1cc([N+](=O)[O-])ccc1Cl.Cl. The zero-order valence-corrected chi connectivity index (χ0v) is 11.1. The van der Waals surface area contributed by atoms with E-state index in [1.54, 1.807) is 0 Å². The number of unbranched alkanes of at least 4 members (excludes halogenated alkanes) is 1. The topological polar surface area (TPSA) is 69.2 Å². The first kappa shape index (κ1) is 16.2. The predicted octanol–water partition coefficient (Wildman–Crippen LogP) is 3.86. The van der Waals surface area contributed by atoms with E-state index in [4.69, 9.17) is 17.3 Å². The van der Waals surface area contributed by atoms with Crippen LogP contribution in [0.2, 0.25) is 5.02 Å². The summed E-state index contributed by atoms with van der Waals surface area (Å²) in [5.41, 5.74) is 6.63. The van der Waals surface area contributed by atoms with Gasteiger partial charge in [-0.15, -0.1) is 12.4 Å². The molecule has 96 valence electrons. The van der Waals surface area contributed by atoms with E-state index < -0.39 is 4.92 Å². The Hall–Kier alpha value is -0.840. The molecule has 0 aromatic heterocycles. The van der Waals surface area contributed by atoms with Gasteiger partial charge in [-0.3, -0.25) is 10.1 Å². The van der Waals surface area contributed by atoms with E-state index in [1.165, 1.54) is 18.2 Å². The molecule has 0 aliphatic carbocycles. The molecule has 6 heteroatoms. The average Bonchev–Trinajstić information content (AvgIpc) is 2.26. The molecule has 1 rings (SSSR count). The minimum atomic E-state index is -0.438. The smallest absolute Gasteiger partial charge is 0.269 e. The summed E-state index contributed by atoms with van der Waals surface area (Å²) < 4.78 is 0. The van der Waals surface area contributed by atoms with Crippen molar-refractivity contribution < 1.29 is 4.92 Å². The lowest BCUT2D eigenvalue weighted by molar-refractivity contribution is -0.384. The zero-order valence-electron chi connectivity index (χ0n) is 9.56. The van der Waals surface area contributed by atoms with Crippen molar-refractivity contribution in [3.05, 3.63) is 38.9 Å². The van der Waals surface area contributed by atoms with Gasteiger partial charge in [0.25, 0.3) is 5.69 Å². The van der Waals surface area contributed by atoms with E-state index in [-0.39, 0.29) is 24.1 Å². The van der Waals surface area contributed by atoms with Crippen LogP contribution in [0, 0.1) is 10.1 Å². The van der Waals surface area contributed by atoms with Gasteiger partial charge >= 0.3 is 0 Å². The van der Waals surface area contributed by atoms with Crippen molar-refractivity contribution in [2.45, 2.75) is 32.2 Å². The van der Waals surface area contributed by atoms with E-state index in [1.807, 2.05) is 0 Å². The second kappa shape index (κ2) is 7.48. The van der Waals surface area contributed by atoms with Gasteiger partial charge in [-0.25, -0.2) is 0 Å². The summed E-state index contributed by atoms with van der Waals surface area (Å²) >= 11 is 5.97. The summed E-state index contributed by atoms with van der Waals surface area (Å²) in [5, 5.41) is 11.1. The molecule has 0 radical (unpaired) electrons. The Labute approximate surface area is 112 Å². The van der Waals surface area contributed by atoms with E-state index in [2.05, 4.69) is 6.92 Å². The van der Waals surface area contributed by atoms with Crippen molar-refractivity contribution in [3.63, 3.8) is 0 Å². The maximum absolute atomic E-state index is 10.6. The van der Waals surface area contributed by atoms with Crippen LogP contribution in [0.25, 0.3) is 0 Å². The highest BCUT2D eigenvalue weighted by atomic mass is 35.5. The molecule has 17 heavy (non-hydrogen) atoms. The summed E-state index contributed by atoms with van der Waals surface area (Å²) in [5.74, 6) is 0. The van der Waals surface area contributed by atoms with Crippen LogP contribution in [-0.4, -0.2) is 4.92 Å². The average molecular weight is 279 g/mol. The normalized spacial score (nSPS) is 11.7. The maximum Gasteiger partial charge on any atom is 0.269 e. The number of nitrogens with zero attached hydrogens (tertiary/aromatic N) is 1. The molecular formula is C11H16Cl2N2O2. The Morgan fingerprint density at radius 3 is 2.71 bits per heavy atom. The highest BCUT2D eigenvalue weighted by Gasteiger charge is 2.14. The van der Waals surface area contributed by atoms with E-state index in [9.17, 15) is 10.1 Å². The molecule has 0 unspecified atom stereocenters. The number of nitrogens with two attached hydrogens (primary N) is 1. The molecule has 0 bridgehead atoms. The Morgan fingerprint density at radius 2 is 2.18 bits per heavy atom. The maximum atomic E-state index is 10.6. The van der Waals surface area contributed by atoms with E-state index in [0.717, 1.165) is 19.3 Å². The molecule has 2 N–H and O–H groups in total. The van der Waals surface area contributed by atoms with Crippen molar-refractivity contribution in [1.82, 2.24) is 0 Å². The Kier molecular flexibility index (Phi) is 7.11. The minimum absolute atomic E-state index is 0. The first-order valence-corrected chi connectivity index (χ1v) is 5.63. The summed E-state index contributed by atoms with van der Waals surface area (Å²) in [6.45, 7) is 2.07. The fourth-order valence-electron chi connectivity index (χ4n) is 1.51. The molecular weight excluding hydrogens is 263 g/mol. The van der Waals surface area contributed by atoms with E-state index >= 15 is 0 Å². The van der Waals surface area contributed by atoms with Gasteiger partial charge in [0.2, 0.25) is 0 Å². The van der Waals surface area contributed by atoms with Crippen molar-refractivity contribution in [2.75, 3.05) is 0 Å². The molecule has 1 atom stereocenters. The van der Waals surface area contributed by atoms with Crippen molar-refractivity contribution >= 4 is 29.7 Å². The van der Waals surface area contributed by atoms with Gasteiger partial charge in [-0.2, -0.15) is 0 Å². The molecule has 0 aliphatic rings. The molecule has 0 heterocycles. The van der Waals surface area contributed by atoms with Gasteiger partial charge in [0.1, 0.15) is 0 Å². The number of non-ortho nitro benzene ring substituents is 1. The largest absolute Gasteiger partial charge is 0.324 e. The third-order valence-corrected chi connectivity index (χ3v) is 2.80. The van der Waals surface area contributed by atoms with Crippen LogP contribution >= 0.6 is 24.0 Å². The highest BCUT2D eigenvalue weighted by Crippen LogP contribution is 2.28. The van der Waals surface area contributed by atoms with Crippen LogP contribution < -0.4 is 5.73 Å². The third-order valence-electron chi connectivity index (χ3n) is 2.46. The fourth-order valence-corrected chi connectivity index (χ4v) is 1.77. The number of rotatable bonds is 5. The Balaban J connectivity index is 0.00000256. The van der Waals surface area contributed by atoms with Crippen LogP contribution in [-0.2, 0) is 0 Å². The van der Waals surface area contributed by atoms with Gasteiger partial charge in [0.05, 0.1) is 4.92 Å². The van der Waals surface area contributed by atoms with Crippen molar-refractivity contribution in [1.29, 1.82) is 0 Å². The molecule has 0 aliphatic heterocycles. The Morgan fingerprint density at radius 1 is 1.53 bits per heavy atom. The summed E-state index contributed by atoms with van der Waals surface area (Å²) in [4.78, 5) is 10.2. The lowest BCUT2D eigenvalue weighted by atomic mass is 10.0. The summed E-state index contributed by atoms with van der Waals surface area (Å²) in [7, 11) is 0. The molecule has 1 aromatic carbocycles. The van der Waals surface area contributed by atoms with Gasteiger partial charge in [-0.1, -0.05) is 31.4 Å². The van der Waals surface area contributed by atoms with E-state index in [0.29, 0.717) is 10.6 Å². The number of nitro groups is 1. The highest BCUT2D eigenvalue weighted by molar-refractivity contribution is 6.31. The second-order valence-electron chi connectivity index (χ2n) is 3.71. The van der Waals surface area contributed by atoms with Crippen molar-refractivity contribution in [2.24, 2.45) is 5.73 Å². The molecule has 0 amide bonds. The number of hydrogen-bond acceptors (Lipinski definition) is 3. The quantitative estimate of drug-likeness (QED) is 0.657. The van der Waals surface area contributed by atoms with Crippen LogP contribution in [0.4, 0.5) is 5.69 Å². The standard InChI is InChI=1S/C11H15ClN2O2.ClH/c1-2-3-4-11(13)9-7-8(14(15)16)5-6-10(9)12;/h5-7,11H,2-4,13H2,1H3;1H/t11-;/m1./s1. The van der Waals surface area contributed by atoms with Gasteiger partial charge in [0.15, 0.2) is 0 Å². The molecule has 4 nitrogen and oxygen atoms in total. The number of nitro benzene ring substituents is 1. The number of halogens is 2. The first-order chi connectivity index (χ1) is 7.56. The van der Waals surface area contributed by atoms with Gasteiger partial charge < -0.3 is 5.73 Å². The lowest BCUT2D eigenvalue weighted by Crippen LogP contribution is -2.11. The molecule has 0 spiro atoms. The number of hydrogen-bond donors (Lipinski definition) is 1. The number of benzene rings is 1. The molecule has 0 saturated carbocycles. The second-order valence-corrected chi connectivity index (χ2v) is 4.12. The van der Waals surface area contributed by atoms with Crippen LogP contribution in [0.15, 0.2) is 18.2 Å². The first-order valence-electron chi connectivity index (χ1n) is 5.25. The summed E-state index contributed by atoms with van der Waals surface area (Å²) in [6.07, 6.45) is 2.82. The lowest BCUT2D eigenvalue weighted by Gasteiger charge is -2.12. The summed E-state index contributed by atoms with van der Waals surface area (Å²) in [6, 6.07) is 4.15. The van der Waals surface area contributed by atoms with Gasteiger partial charge in [-0.05, 0) is 18.1 Å². The zero-order chi connectivity index (χ0) is 12.1.